The number of hydrogen-bond donors (Lipinski definition) is 2. The van der Waals surface area contributed by atoms with E-state index in [1.54, 1.807) is 0 Å². The van der Waals surface area contributed by atoms with Gasteiger partial charge in [0.1, 0.15) is 0 Å². The van der Waals surface area contributed by atoms with E-state index < -0.39 is 0 Å². The van der Waals surface area contributed by atoms with Gasteiger partial charge in [-0.2, -0.15) is 0 Å². The molecule has 2 unspecified atom stereocenters. The summed E-state index contributed by atoms with van der Waals surface area (Å²) in [7, 11) is 2.15. The van der Waals surface area contributed by atoms with E-state index in [1.807, 2.05) is 6.92 Å². The monoisotopic (exact) mass is 241 g/mol. The number of rotatable bonds is 8. The molecule has 0 heterocycles. The Balaban J connectivity index is 2.13. The lowest BCUT2D eigenvalue weighted by Crippen LogP contribution is -2.42. The minimum Gasteiger partial charge on any atom is -0.354 e. The fourth-order valence-corrected chi connectivity index (χ4v) is 2.02. The van der Waals surface area contributed by atoms with Gasteiger partial charge in [-0.15, -0.1) is 0 Å². The van der Waals surface area contributed by atoms with Crippen LogP contribution >= 0.6 is 0 Å². The highest BCUT2D eigenvalue weighted by atomic mass is 16.1. The number of carbonyl (C=O) groups is 1. The Morgan fingerprint density at radius 3 is 2.59 bits per heavy atom. The second-order valence-electron chi connectivity index (χ2n) is 5.21. The van der Waals surface area contributed by atoms with Crippen LogP contribution in [0.1, 0.15) is 40.0 Å². The van der Waals surface area contributed by atoms with E-state index in [9.17, 15) is 4.79 Å². The highest BCUT2D eigenvalue weighted by Crippen LogP contribution is 2.26. The topological polar surface area (TPSA) is 44.4 Å². The summed E-state index contributed by atoms with van der Waals surface area (Å²) in [5, 5.41) is 6.26. The van der Waals surface area contributed by atoms with Crippen LogP contribution < -0.4 is 10.6 Å². The maximum Gasteiger partial charge on any atom is 0.221 e. The predicted octanol–water partition coefficient (Wildman–Crippen LogP) is 0.973. The Kier molecular flexibility index (Phi) is 5.92. The van der Waals surface area contributed by atoms with Crippen molar-refractivity contribution in [2.45, 2.75) is 58.2 Å². The van der Waals surface area contributed by atoms with Gasteiger partial charge in [0.15, 0.2) is 0 Å². The zero-order chi connectivity index (χ0) is 12.8. The third kappa shape index (κ3) is 5.50. The molecule has 4 heteroatoms. The summed E-state index contributed by atoms with van der Waals surface area (Å²) in [5.74, 6) is 0.148. The van der Waals surface area contributed by atoms with Crippen LogP contribution in [0, 0.1) is 0 Å². The van der Waals surface area contributed by atoms with Crippen LogP contribution in [0.15, 0.2) is 0 Å². The fraction of sp³-hybridized carbons (Fsp3) is 0.923. The van der Waals surface area contributed by atoms with Crippen molar-refractivity contribution in [2.75, 3.05) is 20.1 Å². The van der Waals surface area contributed by atoms with Gasteiger partial charge < -0.3 is 10.6 Å². The third-order valence-corrected chi connectivity index (χ3v) is 3.46. The van der Waals surface area contributed by atoms with Crippen molar-refractivity contribution in [3.8, 4) is 0 Å². The highest BCUT2D eigenvalue weighted by Gasteiger charge is 2.29. The van der Waals surface area contributed by atoms with Gasteiger partial charge in [-0.3, -0.25) is 9.69 Å². The second-order valence-corrected chi connectivity index (χ2v) is 5.21. The fourth-order valence-electron chi connectivity index (χ4n) is 2.02. The molecule has 100 valence electrons. The van der Waals surface area contributed by atoms with Crippen LogP contribution in [0.3, 0.4) is 0 Å². The SMILES string of the molecule is CCNC(C)CC(=O)NCC(C)N(C)C1CC1. The largest absolute Gasteiger partial charge is 0.354 e. The van der Waals surface area contributed by atoms with Gasteiger partial charge >= 0.3 is 0 Å². The zero-order valence-corrected chi connectivity index (χ0v) is 11.6. The first kappa shape index (κ1) is 14.5. The summed E-state index contributed by atoms with van der Waals surface area (Å²) in [6, 6.07) is 1.44. The predicted molar refractivity (Wildman–Crippen MR) is 71.0 cm³/mol. The normalized spacial score (nSPS) is 19.1. The van der Waals surface area contributed by atoms with Crippen LogP contribution in [0.4, 0.5) is 0 Å². The first-order valence-electron chi connectivity index (χ1n) is 6.76. The van der Waals surface area contributed by atoms with Crippen molar-refractivity contribution in [2.24, 2.45) is 0 Å². The average Bonchev–Trinajstić information content (AvgIpc) is 3.08. The molecule has 0 aromatic rings. The number of amides is 1. The summed E-state index contributed by atoms with van der Waals surface area (Å²) in [5.41, 5.74) is 0. The Labute approximate surface area is 105 Å². The number of carbonyl (C=O) groups excluding carboxylic acids is 1. The number of nitrogens with one attached hydrogen (secondary N) is 2. The standard InChI is InChI=1S/C13H27N3O/c1-5-14-10(2)8-13(17)15-9-11(3)16(4)12-6-7-12/h10-12,14H,5-9H2,1-4H3,(H,15,17). The molecular formula is C13H27N3O. The molecule has 2 atom stereocenters. The molecule has 0 radical (unpaired) electrons. The molecule has 2 N–H and O–H groups in total. The van der Waals surface area contributed by atoms with Crippen LogP contribution in [-0.2, 0) is 4.79 Å². The lowest BCUT2D eigenvalue weighted by molar-refractivity contribution is -0.121. The van der Waals surface area contributed by atoms with E-state index in [-0.39, 0.29) is 11.9 Å². The second kappa shape index (κ2) is 6.97. The maximum absolute atomic E-state index is 11.7. The maximum atomic E-state index is 11.7. The molecule has 1 fully saturated rings. The van der Waals surface area contributed by atoms with Crippen molar-refractivity contribution >= 4 is 5.91 Å². The molecule has 1 rings (SSSR count). The minimum absolute atomic E-state index is 0.148. The van der Waals surface area contributed by atoms with Gasteiger partial charge in [-0.1, -0.05) is 6.92 Å². The van der Waals surface area contributed by atoms with Gasteiger partial charge in [-0.25, -0.2) is 0 Å². The van der Waals surface area contributed by atoms with Gasteiger partial charge in [0.05, 0.1) is 0 Å². The summed E-state index contributed by atoms with van der Waals surface area (Å²) >= 11 is 0. The molecule has 4 nitrogen and oxygen atoms in total. The van der Waals surface area contributed by atoms with Gasteiger partial charge in [-0.05, 0) is 40.3 Å². The Morgan fingerprint density at radius 2 is 2.06 bits per heavy atom. The minimum atomic E-state index is 0.148. The van der Waals surface area contributed by atoms with Crippen LogP contribution in [-0.4, -0.2) is 49.1 Å². The zero-order valence-electron chi connectivity index (χ0n) is 11.6. The summed E-state index contributed by atoms with van der Waals surface area (Å²) in [6.45, 7) is 7.94. The van der Waals surface area contributed by atoms with E-state index in [1.165, 1.54) is 12.8 Å². The van der Waals surface area contributed by atoms with Gasteiger partial charge in [0, 0.05) is 31.1 Å². The van der Waals surface area contributed by atoms with E-state index in [4.69, 9.17) is 0 Å². The first-order chi connectivity index (χ1) is 8.04. The van der Waals surface area contributed by atoms with Crippen molar-refractivity contribution in [3.63, 3.8) is 0 Å². The van der Waals surface area contributed by atoms with Gasteiger partial charge in [0.2, 0.25) is 5.91 Å². The summed E-state index contributed by atoms with van der Waals surface area (Å²) < 4.78 is 0. The molecule has 1 aliphatic rings. The average molecular weight is 241 g/mol. The smallest absolute Gasteiger partial charge is 0.221 e. The molecule has 0 aromatic carbocycles. The van der Waals surface area contributed by atoms with Crippen molar-refractivity contribution in [1.29, 1.82) is 0 Å². The van der Waals surface area contributed by atoms with Crippen LogP contribution in [0.25, 0.3) is 0 Å². The molecule has 1 amide bonds. The van der Waals surface area contributed by atoms with E-state index in [0.717, 1.165) is 19.1 Å². The number of likely N-dealkylation sites (N-methyl/N-ethyl adjacent to an activating group) is 1. The summed E-state index contributed by atoms with van der Waals surface area (Å²) in [4.78, 5) is 14.0. The molecule has 1 aliphatic carbocycles. The molecule has 1 saturated carbocycles. The van der Waals surface area contributed by atoms with E-state index >= 15 is 0 Å². The summed E-state index contributed by atoms with van der Waals surface area (Å²) in [6.07, 6.45) is 3.19. The Bertz CT molecular complexity index is 241. The van der Waals surface area contributed by atoms with E-state index in [0.29, 0.717) is 12.5 Å². The molecule has 17 heavy (non-hydrogen) atoms. The van der Waals surface area contributed by atoms with Crippen LogP contribution in [0.5, 0.6) is 0 Å². The number of hydrogen-bond acceptors (Lipinski definition) is 3. The van der Waals surface area contributed by atoms with Crippen molar-refractivity contribution < 1.29 is 4.79 Å². The van der Waals surface area contributed by atoms with Crippen molar-refractivity contribution in [3.05, 3.63) is 0 Å². The van der Waals surface area contributed by atoms with Crippen LogP contribution in [0.2, 0.25) is 0 Å². The molecule has 0 aliphatic heterocycles. The quantitative estimate of drug-likeness (QED) is 0.665. The molecule has 0 saturated heterocycles. The Morgan fingerprint density at radius 1 is 1.41 bits per heavy atom. The Hall–Kier alpha value is -0.610. The molecular weight excluding hydrogens is 214 g/mol. The molecule has 0 spiro atoms. The third-order valence-electron chi connectivity index (χ3n) is 3.46. The van der Waals surface area contributed by atoms with Gasteiger partial charge in [0.25, 0.3) is 0 Å². The molecule has 0 bridgehead atoms. The van der Waals surface area contributed by atoms with E-state index in [2.05, 4.69) is 36.4 Å². The number of nitrogens with zero attached hydrogens (tertiary/aromatic N) is 1. The highest BCUT2D eigenvalue weighted by molar-refractivity contribution is 5.76. The lowest BCUT2D eigenvalue weighted by atomic mass is 10.2. The van der Waals surface area contributed by atoms with Crippen molar-refractivity contribution in [1.82, 2.24) is 15.5 Å². The molecule has 0 aromatic heterocycles. The lowest BCUT2D eigenvalue weighted by Gasteiger charge is -2.24. The first-order valence-corrected chi connectivity index (χ1v) is 6.76.